The van der Waals surface area contributed by atoms with Crippen LogP contribution in [-0.2, 0) is 14.3 Å². The van der Waals surface area contributed by atoms with Crippen molar-refractivity contribution in [3.63, 3.8) is 0 Å². The van der Waals surface area contributed by atoms with E-state index in [1.54, 1.807) is 12.1 Å². The summed E-state index contributed by atoms with van der Waals surface area (Å²) in [4.78, 5) is 23.1. The number of rotatable bonds is 4. The van der Waals surface area contributed by atoms with Gasteiger partial charge in [-0.25, -0.2) is 0 Å². The molecule has 0 aliphatic carbocycles. The molecule has 1 amide bonds. The van der Waals surface area contributed by atoms with Crippen molar-refractivity contribution in [2.45, 2.75) is 27.2 Å². The lowest BCUT2D eigenvalue weighted by Gasteiger charge is -2.16. The molecule has 0 atom stereocenters. The molecule has 4 nitrogen and oxygen atoms in total. The number of hydrogen-bond acceptors (Lipinski definition) is 3. The highest BCUT2D eigenvalue weighted by Crippen LogP contribution is 2.25. The Morgan fingerprint density at radius 1 is 1.25 bits per heavy atom. The molecule has 0 spiro atoms. The number of anilines is 1. The molecule has 6 heteroatoms. The first-order chi connectivity index (χ1) is 9.17. The fraction of sp³-hybridized carbons (Fsp3) is 0.429. The Balaban J connectivity index is 2.48. The number of benzene rings is 1. The van der Waals surface area contributed by atoms with Crippen LogP contribution in [0.1, 0.15) is 27.2 Å². The second-order valence-electron chi connectivity index (χ2n) is 5.57. The van der Waals surface area contributed by atoms with Gasteiger partial charge in [-0.05, 0) is 23.6 Å². The van der Waals surface area contributed by atoms with E-state index < -0.39 is 11.9 Å². The smallest absolute Gasteiger partial charge is 0.306 e. The van der Waals surface area contributed by atoms with Crippen LogP contribution in [-0.4, -0.2) is 18.5 Å². The third kappa shape index (κ3) is 6.26. The Morgan fingerprint density at radius 3 is 2.50 bits per heavy atom. The van der Waals surface area contributed by atoms with Gasteiger partial charge in [0.2, 0.25) is 0 Å². The van der Waals surface area contributed by atoms with Gasteiger partial charge in [-0.3, -0.25) is 9.59 Å². The lowest BCUT2D eigenvalue weighted by molar-refractivity contribution is -0.149. The van der Waals surface area contributed by atoms with Gasteiger partial charge < -0.3 is 10.1 Å². The van der Waals surface area contributed by atoms with Gasteiger partial charge in [0.1, 0.15) is 0 Å². The quantitative estimate of drug-likeness (QED) is 0.856. The summed E-state index contributed by atoms with van der Waals surface area (Å²) in [5.41, 5.74) is 0.208. The van der Waals surface area contributed by atoms with Gasteiger partial charge in [-0.15, -0.1) is 0 Å². The van der Waals surface area contributed by atoms with E-state index in [4.69, 9.17) is 27.9 Å². The molecule has 1 aromatic carbocycles. The number of hydrogen-bond donors (Lipinski definition) is 1. The zero-order valence-electron chi connectivity index (χ0n) is 11.6. The van der Waals surface area contributed by atoms with Crippen molar-refractivity contribution in [2.75, 3.05) is 11.9 Å². The molecule has 0 bridgehead atoms. The monoisotopic (exact) mass is 317 g/mol. The summed E-state index contributed by atoms with van der Waals surface area (Å²) in [5, 5.41) is 3.35. The highest BCUT2D eigenvalue weighted by Gasteiger charge is 2.18. The van der Waals surface area contributed by atoms with Gasteiger partial charge in [0.15, 0.2) is 6.61 Å². The summed E-state index contributed by atoms with van der Waals surface area (Å²) in [6.45, 7) is 5.40. The standard InChI is InChI=1S/C14H17Cl2NO3/c1-14(2,3)7-13(19)20-8-12(18)17-11-6-9(15)4-5-10(11)16/h4-6H,7-8H2,1-3H3,(H,17,18). The number of carbonyl (C=O) groups is 2. The van der Waals surface area contributed by atoms with Crippen LogP contribution in [0.3, 0.4) is 0 Å². The van der Waals surface area contributed by atoms with Gasteiger partial charge in [0.05, 0.1) is 17.1 Å². The predicted octanol–water partition coefficient (Wildman–Crippen LogP) is 3.91. The SMILES string of the molecule is CC(C)(C)CC(=O)OCC(=O)Nc1cc(Cl)ccc1Cl. The Hall–Kier alpha value is -1.26. The maximum Gasteiger partial charge on any atom is 0.306 e. The first-order valence-electron chi connectivity index (χ1n) is 6.08. The van der Waals surface area contributed by atoms with Gasteiger partial charge in [-0.1, -0.05) is 44.0 Å². The molecule has 0 fully saturated rings. The lowest BCUT2D eigenvalue weighted by atomic mass is 9.93. The van der Waals surface area contributed by atoms with E-state index in [9.17, 15) is 9.59 Å². The summed E-state index contributed by atoms with van der Waals surface area (Å²) >= 11 is 11.7. The van der Waals surface area contributed by atoms with E-state index in [0.717, 1.165) is 0 Å². The van der Waals surface area contributed by atoms with Gasteiger partial charge in [0, 0.05) is 5.02 Å². The lowest BCUT2D eigenvalue weighted by Crippen LogP contribution is -2.23. The van der Waals surface area contributed by atoms with E-state index >= 15 is 0 Å². The number of carbonyl (C=O) groups excluding carboxylic acids is 2. The van der Waals surface area contributed by atoms with Crippen LogP contribution in [0, 0.1) is 5.41 Å². The van der Waals surface area contributed by atoms with E-state index in [1.807, 2.05) is 20.8 Å². The zero-order chi connectivity index (χ0) is 15.3. The molecule has 0 saturated carbocycles. The summed E-state index contributed by atoms with van der Waals surface area (Å²) in [7, 11) is 0. The summed E-state index contributed by atoms with van der Waals surface area (Å²) < 4.78 is 4.90. The largest absolute Gasteiger partial charge is 0.456 e. The van der Waals surface area contributed by atoms with E-state index in [0.29, 0.717) is 15.7 Å². The predicted molar refractivity (Wildman–Crippen MR) is 80.1 cm³/mol. The molecular formula is C14H17Cl2NO3. The second-order valence-corrected chi connectivity index (χ2v) is 6.41. The molecule has 20 heavy (non-hydrogen) atoms. The summed E-state index contributed by atoms with van der Waals surface area (Å²) in [6, 6.07) is 4.72. The molecule has 0 saturated heterocycles. The molecular weight excluding hydrogens is 301 g/mol. The van der Waals surface area contributed by atoms with Crippen LogP contribution in [0.5, 0.6) is 0 Å². The minimum atomic E-state index is -0.462. The average molecular weight is 318 g/mol. The summed E-state index contributed by atoms with van der Waals surface area (Å²) in [5.74, 6) is -0.874. The Morgan fingerprint density at radius 2 is 1.90 bits per heavy atom. The molecule has 0 aliphatic heterocycles. The molecule has 1 aromatic rings. The third-order valence-electron chi connectivity index (χ3n) is 2.24. The molecule has 0 aromatic heterocycles. The van der Waals surface area contributed by atoms with Crippen molar-refractivity contribution < 1.29 is 14.3 Å². The Kier molecular flexibility index (Phi) is 5.84. The highest BCUT2D eigenvalue weighted by molar-refractivity contribution is 6.35. The van der Waals surface area contributed by atoms with Crippen molar-refractivity contribution in [2.24, 2.45) is 5.41 Å². The maximum atomic E-state index is 11.7. The molecule has 1 N–H and O–H groups in total. The van der Waals surface area contributed by atoms with E-state index in [1.165, 1.54) is 6.07 Å². The van der Waals surface area contributed by atoms with Crippen molar-refractivity contribution in [3.8, 4) is 0 Å². The van der Waals surface area contributed by atoms with Crippen LogP contribution >= 0.6 is 23.2 Å². The number of amides is 1. The molecule has 0 unspecified atom stereocenters. The topological polar surface area (TPSA) is 55.4 Å². The Bertz CT molecular complexity index is 510. The number of ether oxygens (including phenoxy) is 1. The van der Waals surface area contributed by atoms with Crippen molar-refractivity contribution >= 4 is 40.8 Å². The fourth-order valence-electron chi connectivity index (χ4n) is 1.41. The number of esters is 1. The van der Waals surface area contributed by atoms with Crippen molar-refractivity contribution in [3.05, 3.63) is 28.2 Å². The van der Waals surface area contributed by atoms with Crippen LogP contribution in [0.2, 0.25) is 10.0 Å². The molecule has 0 aliphatic rings. The van der Waals surface area contributed by atoms with Crippen LogP contribution in [0.15, 0.2) is 18.2 Å². The number of nitrogens with one attached hydrogen (secondary N) is 1. The van der Waals surface area contributed by atoms with Crippen molar-refractivity contribution in [1.29, 1.82) is 0 Å². The maximum absolute atomic E-state index is 11.7. The fourth-order valence-corrected chi connectivity index (χ4v) is 1.75. The highest BCUT2D eigenvalue weighted by atomic mass is 35.5. The van der Waals surface area contributed by atoms with Gasteiger partial charge in [-0.2, -0.15) is 0 Å². The minimum Gasteiger partial charge on any atom is -0.456 e. The van der Waals surface area contributed by atoms with Crippen LogP contribution < -0.4 is 5.32 Å². The normalized spacial score (nSPS) is 11.1. The molecule has 1 rings (SSSR count). The van der Waals surface area contributed by atoms with Crippen LogP contribution in [0.25, 0.3) is 0 Å². The molecule has 0 heterocycles. The first-order valence-corrected chi connectivity index (χ1v) is 6.83. The van der Waals surface area contributed by atoms with E-state index in [-0.39, 0.29) is 18.4 Å². The average Bonchev–Trinajstić information content (AvgIpc) is 2.29. The van der Waals surface area contributed by atoms with Crippen molar-refractivity contribution in [1.82, 2.24) is 0 Å². The third-order valence-corrected chi connectivity index (χ3v) is 2.81. The van der Waals surface area contributed by atoms with Crippen LogP contribution in [0.4, 0.5) is 5.69 Å². The minimum absolute atomic E-state index is 0.177. The second kappa shape index (κ2) is 6.95. The molecule has 0 radical (unpaired) electrons. The van der Waals surface area contributed by atoms with Gasteiger partial charge in [0.25, 0.3) is 5.91 Å². The first kappa shape index (κ1) is 16.8. The van der Waals surface area contributed by atoms with Gasteiger partial charge >= 0.3 is 5.97 Å². The number of halogens is 2. The zero-order valence-corrected chi connectivity index (χ0v) is 13.1. The van der Waals surface area contributed by atoms with E-state index in [2.05, 4.69) is 5.32 Å². The Labute approximate surface area is 128 Å². The summed E-state index contributed by atoms with van der Waals surface area (Å²) in [6.07, 6.45) is 0.248. The molecule has 110 valence electrons.